The molecule has 1 fully saturated rings. The Kier molecular flexibility index (Phi) is 3.06. The largest absolute Gasteiger partial charge is 0.337 e. The van der Waals surface area contributed by atoms with Crippen LogP contribution in [0, 0.1) is 0 Å². The van der Waals surface area contributed by atoms with Crippen molar-refractivity contribution in [3.63, 3.8) is 0 Å². The molecule has 1 aliphatic rings. The van der Waals surface area contributed by atoms with Crippen molar-refractivity contribution in [2.75, 3.05) is 4.72 Å². The minimum atomic E-state index is -3.68. The predicted molar refractivity (Wildman–Crippen MR) is 71.2 cm³/mol. The maximum Gasteiger partial charge on any atom is 0.277 e. The number of nitrogens with one attached hydrogen (secondary N) is 1. The summed E-state index contributed by atoms with van der Waals surface area (Å²) in [6.45, 7) is 0. The molecule has 1 aromatic heterocycles. The normalized spacial score (nSPS) is 15.4. The second kappa shape index (κ2) is 4.61. The number of aromatic nitrogens is 2. The molecule has 0 amide bonds. The Labute approximate surface area is 118 Å². The van der Waals surface area contributed by atoms with Crippen LogP contribution < -0.4 is 4.72 Å². The van der Waals surface area contributed by atoms with Crippen LogP contribution in [0.1, 0.15) is 24.7 Å². The molecule has 100 valence electrons. The highest BCUT2D eigenvalue weighted by atomic mass is 79.9. The van der Waals surface area contributed by atoms with Gasteiger partial charge in [-0.2, -0.15) is 4.98 Å². The van der Waals surface area contributed by atoms with Crippen LogP contribution in [0.25, 0.3) is 0 Å². The second-order valence-electron chi connectivity index (χ2n) is 4.29. The van der Waals surface area contributed by atoms with Crippen molar-refractivity contribution in [1.82, 2.24) is 10.1 Å². The zero-order chi connectivity index (χ0) is 13.5. The Hall–Kier alpha value is -1.41. The molecule has 0 radical (unpaired) electrons. The molecule has 1 aliphatic carbocycles. The van der Waals surface area contributed by atoms with Gasteiger partial charge in [-0.05, 0) is 42.3 Å². The Morgan fingerprint density at radius 1 is 1.26 bits per heavy atom. The molecule has 3 rings (SSSR count). The third-order valence-electron chi connectivity index (χ3n) is 2.72. The fourth-order valence-electron chi connectivity index (χ4n) is 1.57. The molecule has 2 aromatic rings. The predicted octanol–water partition coefficient (Wildman–Crippen LogP) is 2.51. The zero-order valence-electron chi connectivity index (χ0n) is 9.71. The van der Waals surface area contributed by atoms with Gasteiger partial charge in [-0.1, -0.05) is 15.9 Å². The third kappa shape index (κ3) is 2.79. The van der Waals surface area contributed by atoms with Gasteiger partial charge >= 0.3 is 0 Å². The van der Waals surface area contributed by atoms with Crippen molar-refractivity contribution in [2.24, 2.45) is 0 Å². The van der Waals surface area contributed by atoms with Gasteiger partial charge in [0, 0.05) is 10.4 Å². The lowest BCUT2D eigenvalue weighted by Gasteiger charge is -2.03. The first-order valence-corrected chi connectivity index (χ1v) is 7.94. The number of nitrogens with zero attached hydrogens (tertiary/aromatic N) is 2. The molecule has 0 spiro atoms. The molecule has 0 bridgehead atoms. The van der Waals surface area contributed by atoms with Crippen LogP contribution >= 0.6 is 15.9 Å². The van der Waals surface area contributed by atoms with Crippen LogP contribution in [0.2, 0.25) is 0 Å². The van der Waals surface area contributed by atoms with Crippen LogP contribution in [0.4, 0.5) is 5.95 Å². The van der Waals surface area contributed by atoms with Gasteiger partial charge < -0.3 is 4.52 Å². The summed E-state index contributed by atoms with van der Waals surface area (Å²) >= 11 is 3.25. The van der Waals surface area contributed by atoms with Crippen LogP contribution in [0.15, 0.2) is 38.2 Å². The van der Waals surface area contributed by atoms with Crippen molar-refractivity contribution in [2.45, 2.75) is 23.7 Å². The monoisotopic (exact) mass is 343 g/mol. The number of sulfonamides is 1. The first kappa shape index (κ1) is 12.6. The quantitative estimate of drug-likeness (QED) is 0.921. The Morgan fingerprint density at radius 2 is 1.95 bits per heavy atom. The maximum atomic E-state index is 12.1. The summed E-state index contributed by atoms with van der Waals surface area (Å²) < 4.78 is 32.2. The Morgan fingerprint density at radius 3 is 2.58 bits per heavy atom. The van der Waals surface area contributed by atoms with Gasteiger partial charge in [-0.15, -0.1) is 0 Å². The number of benzene rings is 1. The number of anilines is 1. The van der Waals surface area contributed by atoms with E-state index in [1.807, 2.05) is 0 Å². The van der Waals surface area contributed by atoms with E-state index in [2.05, 4.69) is 30.8 Å². The van der Waals surface area contributed by atoms with E-state index >= 15 is 0 Å². The van der Waals surface area contributed by atoms with Gasteiger partial charge in [-0.3, -0.25) is 0 Å². The van der Waals surface area contributed by atoms with Gasteiger partial charge in [0.1, 0.15) is 0 Å². The topological polar surface area (TPSA) is 85.1 Å². The molecule has 8 heteroatoms. The van der Waals surface area contributed by atoms with E-state index < -0.39 is 10.0 Å². The summed E-state index contributed by atoms with van der Waals surface area (Å²) in [6.07, 6.45) is 2.03. The summed E-state index contributed by atoms with van der Waals surface area (Å²) in [5.41, 5.74) is 0. The SMILES string of the molecule is O=S(=O)(Nc1noc(C2CC2)n1)c1ccc(Br)cc1. The van der Waals surface area contributed by atoms with E-state index in [-0.39, 0.29) is 10.8 Å². The minimum Gasteiger partial charge on any atom is -0.337 e. The second-order valence-corrected chi connectivity index (χ2v) is 6.89. The highest BCUT2D eigenvalue weighted by molar-refractivity contribution is 9.10. The highest BCUT2D eigenvalue weighted by Crippen LogP contribution is 2.39. The summed E-state index contributed by atoms with van der Waals surface area (Å²) in [4.78, 5) is 4.17. The van der Waals surface area contributed by atoms with Gasteiger partial charge in [0.25, 0.3) is 16.0 Å². The molecule has 1 aromatic carbocycles. The van der Waals surface area contributed by atoms with Crippen LogP contribution in [-0.4, -0.2) is 18.6 Å². The van der Waals surface area contributed by atoms with E-state index in [9.17, 15) is 8.42 Å². The Bertz CT molecular complexity index is 692. The summed E-state index contributed by atoms with van der Waals surface area (Å²) in [5.74, 6) is 0.761. The van der Waals surface area contributed by atoms with Crippen molar-refractivity contribution in [3.8, 4) is 0 Å². The third-order valence-corrected chi connectivity index (χ3v) is 4.59. The molecule has 0 aliphatic heterocycles. The lowest BCUT2D eigenvalue weighted by molar-refractivity contribution is 0.380. The van der Waals surface area contributed by atoms with Gasteiger partial charge in [-0.25, -0.2) is 13.1 Å². The van der Waals surface area contributed by atoms with Crippen LogP contribution in [-0.2, 0) is 10.0 Å². The number of halogens is 1. The lowest BCUT2D eigenvalue weighted by Crippen LogP contribution is -2.13. The smallest absolute Gasteiger partial charge is 0.277 e. The molecule has 1 saturated carbocycles. The van der Waals surface area contributed by atoms with Crippen molar-refractivity contribution < 1.29 is 12.9 Å². The molecular weight excluding hydrogens is 334 g/mol. The molecular formula is C11H10BrN3O3S. The first-order valence-electron chi connectivity index (χ1n) is 5.66. The molecule has 0 saturated heterocycles. The number of hydrogen-bond donors (Lipinski definition) is 1. The molecule has 0 unspecified atom stereocenters. The summed E-state index contributed by atoms with van der Waals surface area (Å²) in [5, 5.41) is 3.62. The fourth-order valence-corrected chi connectivity index (χ4v) is 2.77. The molecule has 19 heavy (non-hydrogen) atoms. The molecule has 1 heterocycles. The van der Waals surface area contributed by atoms with Gasteiger partial charge in [0.05, 0.1) is 4.90 Å². The average Bonchev–Trinajstić information content (AvgIpc) is 3.11. The van der Waals surface area contributed by atoms with E-state index in [0.29, 0.717) is 11.8 Å². The number of hydrogen-bond acceptors (Lipinski definition) is 5. The van der Waals surface area contributed by atoms with Crippen LogP contribution in [0.5, 0.6) is 0 Å². The Balaban J connectivity index is 1.81. The van der Waals surface area contributed by atoms with Gasteiger partial charge in [0.15, 0.2) is 0 Å². The number of rotatable bonds is 4. The van der Waals surface area contributed by atoms with E-state index in [1.165, 1.54) is 12.1 Å². The standard InChI is InChI=1S/C11H10BrN3O3S/c12-8-3-5-9(6-4-8)19(16,17)15-11-13-10(18-14-11)7-1-2-7/h3-7H,1-2H2,(H,14,15). The van der Waals surface area contributed by atoms with E-state index in [4.69, 9.17) is 4.52 Å². The van der Waals surface area contributed by atoms with E-state index in [1.54, 1.807) is 12.1 Å². The van der Waals surface area contributed by atoms with Crippen LogP contribution in [0.3, 0.4) is 0 Å². The molecule has 0 atom stereocenters. The summed E-state index contributed by atoms with van der Waals surface area (Å²) in [7, 11) is -3.68. The van der Waals surface area contributed by atoms with Gasteiger partial charge in [0.2, 0.25) is 5.89 Å². The fraction of sp³-hybridized carbons (Fsp3) is 0.273. The average molecular weight is 344 g/mol. The zero-order valence-corrected chi connectivity index (χ0v) is 12.1. The van der Waals surface area contributed by atoms with Crippen molar-refractivity contribution in [1.29, 1.82) is 0 Å². The first-order chi connectivity index (χ1) is 9.04. The molecule has 6 nitrogen and oxygen atoms in total. The minimum absolute atomic E-state index is 0.0233. The summed E-state index contributed by atoms with van der Waals surface area (Å²) in [6, 6.07) is 6.30. The van der Waals surface area contributed by atoms with Crippen molar-refractivity contribution >= 4 is 31.9 Å². The van der Waals surface area contributed by atoms with Crippen molar-refractivity contribution in [3.05, 3.63) is 34.6 Å². The molecule has 1 N–H and O–H groups in total. The van der Waals surface area contributed by atoms with E-state index in [0.717, 1.165) is 17.3 Å². The lowest BCUT2D eigenvalue weighted by atomic mass is 10.4. The highest BCUT2D eigenvalue weighted by Gasteiger charge is 2.30. The maximum absolute atomic E-state index is 12.1.